The third kappa shape index (κ3) is 3.61. The summed E-state index contributed by atoms with van der Waals surface area (Å²) < 4.78 is 6.63. The van der Waals surface area contributed by atoms with Crippen LogP contribution in [-0.4, -0.2) is 12.8 Å². The van der Waals surface area contributed by atoms with Crippen molar-refractivity contribution >= 4 is 38.5 Å². The smallest absolute Gasteiger partial charge is 0.134 e. The normalized spacial score (nSPS) is 13.5. The zero-order chi connectivity index (χ0) is 16.9. The van der Waals surface area contributed by atoms with Gasteiger partial charge >= 0.3 is 0 Å². The molecule has 1 aromatic carbocycles. The molecule has 0 spiro atoms. The molecular weight excluding hydrogens is 384 g/mol. The summed E-state index contributed by atoms with van der Waals surface area (Å²) in [4.78, 5) is 5.93. The van der Waals surface area contributed by atoms with Crippen molar-refractivity contribution in [2.45, 2.75) is 25.7 Å². The number of aryl methyl sites for hydroxylation is 1. The standard InChI is InChI=1S/C19H17BrN2OS/c1-2-9-23-17-8-7-14(20)10-13(17)12-22-19-16(11-21)15-5-3-4-6-18(15)24-19/h2,7-8,10,12H,1,3-6,9H2. The van der Waals surface area contributed by atoms with Gasteiger partial charge in [-0.15, -0.1) is 11.3 Å². The van der Waals surface area contributed by atoms with Crippen LogP contribution in [0.4, 0.5) is 5.00 Å². The van der Waals surface area contributed by atoms with E-state index in [1.165, 1.54) is 16.9 Å². The first kappa shape index (κ1) is 16.9. The summed E-state index contributed by atoms with van der Waals surface area (Å²) in [7, 11) is 0. The minimum absolute atomic E-state index is 0.444. The van der Waals surface area contributed by atoms with Crippen molar-refractivity contribution in [3.8, 4) is 11.8 Å². The highest BCUT2D eigenvalue weighted by atomic mass is 79.9. The molecule has 3 nitrogen and oxygen atoms in total. The van der Waals surface area contributed by atoms with Gasteiger partial charge < -0.3 is 4.74 Å². The van der Waals surface area contributed by atoms with Gasteiger partial charge in [0.1, 0.15) is 23.4 Å². The van der Waals surface area contributed by atoms with Gasteiger partial charge in [0.15, 0.2) is 0 Å². The van der Waals surface area contributed by atoms with E-state index in [1.54, 1.807) is 23.6 Å². The number of halogens is 1. The predicted octanol–water partition coefficient (Wildman–Crippen LogP) is 5.58. The lowest BCUT2D eigenvalue weighted by atomic mass is 9.96. The molecule has 0 saturated heterocycles. The van der Waals surface area contributed by atoms with E-state index in [1.807, 2.05) is 18.2 Å². The van der Waals surface area contributed by atoms with E-state index in [0.29, 0.717) is 6.61 Å². The maximum Gasteiger partial charge on any atom is 0.134 e. The van der Waals surface area contributed by atoms with Crippen LogP contribution in [-0.2, 0) is 12.8 Å². The summed E-state index contributed by atoms with van der Waals surface area (Å²) in [5.41, 5.74) is 2.83. The maximum absolute atomic E-state index is 9.51. The molecule has 0 saturated carbocycles. The van der Waals surface area contributed by atoms with Crippen LogP contribution < -0.4 is 4.74 Å². The number of benzene rings is 1. The third-order valence-corrected chi connectivity index (χ3v) is 5.61. The SMILES string of the molecule is C=CCOc1ccc(Br)cc1C=Nc1sc2c(c1C#N)CCCC2. The third-order valence-electron chi connectivity index (χ3n) is 3.91. The zero-order valence-electron chi connectivity index (χ0n) is 13.2. The predicted molar refractivity (Wildman–Crippen MR) is 103 cm³/mol. The van der Waals surface area contributed by atoms with Crippen molar-refractivity contribution in [1.29, 1.82) is 5.26 Å². The van der Waals surface area contributed by atoms with Gasteiger partial charge in [0.25, 0.3) is 0 Å². The lowest BCUT2D eigenvalue weighted by Gasteiger charge is -2.09. The van der Waals surface area contributed by atoms with Gasteiger partial charge in [-0.3, -0.25) is 0 Å². The highest BCUT2D eigenvalue weighted by Gasteiger charge is 2.20. The Morgan fingerprint density at radius 2 is 2.21 bits per heavy atom. The van der Waals surface area contributed by atoms with Crippen LogP contribution in [0.5, 0.6) is 5.75 Å². The van der Waals surface area contributed by atoms with Crippen LogP contribution in [0.3, 0.4) is 0 Å². The minimum atomic E-state index is 0.444. The van der Waals surface area contributed by atoms with E-state index in [4.69, 9.17) is 4.74 Å². The van der Waals surface area contributed by atoms with Gasteiger partial charge in [0, 0.05) is 21.1 Å². The number of hydrogen-bond donors (Lipinski definition) is 0. The number of ether oxygens (including phenoxy) is 1. The second kappa shape index (κ2) is 7.78. The van der Waals surface area contributed by atoms with E-state index in [-0.39, 0.29) is 0 Å². The van der Waals surface area contributed by atoms with Crippen molar-refractivity contribution < 1.29 is 4.74 Å². The number of aliphatic imine (C=N–C) groups is 1. The van der Waals surface area contributed by atoms with Crippen molar-refractivity contribution in [1.82, 2.24) is 0 Å². The zero-order valence-corrected chi connectivity index (χ0v) is 15.6. The molecule has 0 fully saturated rings. The Kier molecular flexibility index (Phi) is 5.49. The number of rotatable bonds is 5. The lowest BCUT2D eigenvalue weighted by molar-refractivity contribution is 0.362. The molecule has 0 bridgehead atoms. The summed E-state index contributed by atoms with van der Waals surface area (Å²) >= 11 is 5.12. The second-order valence-electron chi connectivity index (χ2n) is 5.54. The van der Waals surface area contributed by atoms with E-state index in [0.717, 1.165) is 45.6 Å². The van der Waals surface area contributed by atoms with Gasteiger partial charge in [-0.05, 0) is 49.4 Å². The van der Waals surface area contributed by atoms with Crippen LogP contribution in [0, 0.1) is 11.3 Å². The Labute approximate surface area is 154 Å². The van der Waals surface area contributed by atoms with Crippen LogP contribution >= 0.6 is 27.3 Å². The van der Waals surface area contributed by atoms with Crippen molar-refractivity contribution in [2.75, 3.05) is 6.61 Å². The van der Waals surface area contributed by atoms with Gasteiger partial charge in [0.05, 0.1) is 5.56 Å². The number of nitrogens with zero attached hydrogens (tertiary/aromatic N) is 2. The van der Waals surface area contributed by atoms with Crippen LogP contribution in [0.2, 0.25) is 0 Å². The topological polar surface area (TPSA) is 45.4 Å². The Morgan fingerprint density at radius 3 is 3.00 bits per heavy atom. The highest BCUT2D eigenvalue weighted by Crippen LogP contribution is 2.39. The monoisotopic (exact) mass is 400 g/mol. The van der Waals surface area contributed by atoms with E-state index < -0.39 is 0 Å². The molecule has 0 radical (unpaired) electrons. The quantitative estimate of drug-likeness (QED) is 0.485. The van der Waals surface area contributed by atoms with Crippen molar-refractivity contribution in [3.05, 3.63) is 56.9 Å². The first-order chi connectivity index (χ1) is 11.7. The summed E-state index contributed by atoms with van der Waals surface area (Å²) in [6, 6.07) is 8.14. The van der Waals surface area contributed by atoms with Crippen molar-refractivity contribution in [2.24, 2.45) is 4.99 Å². The highest BCUT2D eigenvalue weighted by molar-refractivity contribution is 9.10. The molecule has 1 aliphatic rings. The molecule has 3 rings (SSSR count). The molecule has 24 heavy (non-hydrogen) atoms. The summed E-state index contributed by atoms with van der Waals surface area (Å²) in [6.45, 7) is 4.12. The Morgan fingerprint density at radius 1 is 1.38 bits per heavy atom. The Hall–Kier alpha value is -1.90. The molecule has 5 heteroatoms. The Bertz CT molecular complexity index is 833. The fraction of sp³-hybridized carbons (Fsp3) is 0.263. The first-order valence-electron chi connectivity index (χ1n) is 7.85. The molecule has 122 valence electrons. The number of nitriles is 1. The molecular formula is C19H17BrN2OS. The minimum Gasteiger partial charge on any atom is -0.489 e. The lowest BCUT2D eigenvalue weighted by Crippen LogP contribution is -1.99. The molecule has 1 heterocycles. The molecule has 0 N–H and O–H groups in total. The van der Waals surface area contributed by atoms with Gasteiger partial charge in [-0.25, -0.2) is 4.99 Å². The molecule has 0 aliphatic heterocycles. The average molecular weight is 401 g/mol. The molecule has 1 aromatic heterocycles. The van der Waals surface area contributed by atoms with E-state index in [2.05, 4.69) is 33.6 Å². The fourth-order valence-corrected chi connectivity index (χ4v) is 4.35. The summed E-state index contributed by atoms with van der Waals surface area (Å²) in [5, 5.41) is 10.3. The summed E-state index contributed by atoms with van der Waals surface area (Å²) in [5.74, 6) is 0.752. The van der Waals surface area contributed by atoms with Crippen LogP contribution in [0.1, 0.15) is 34.4 Å². The van der Waals surface area contributed by atoms with Gasteiger partial charge in [-0.2, -0.15) is 5.26 Å². The van der Waals surface area contributed by atoms with Gasteiger partial charge in [0.2, 0.25) is 0 Å². The van der Waals surface area contributed by atoms with Crippen LogP contribution in [0.25, 0.3) is 0 Å². The van der Waals surface area contributed by atoms with E-state index in [9.17, 15) is 5.26 Å². The maximum atomic E-state index is 9.51. The molecule has 1 aliphatic carbocycles. The second-order valence-corrected chi connectivity index (χ2v) is 7.54. The average Bonchev–Trinajstić information content (AvgIpc) is 2.96. The van der Waals surface area contributed by atoms with Crippen LogP contribution in [0.15, 0.2) is 40.3 Å². The van der Waals surface area contributed by atoms with E-state index >= 15 is 0 Å². The Balaban J connectivity index is 1.94. The van der Waals surface area contributed by atoms with Gasteiger partial charge in [-0.1, -0.05) is 28.6 Å². The van der Waals surface area contributed by atoms with Crippen molar-refractivity contribution in [3.63, 3.8) is 0 Å². The molecule has 2 aromatic rings. The number of fused-ring (bicyclic) bond motifs is 1. The largest absolute Gasteiger partial charge is 0.489 e. The number of thiophene rings is 1. The fourth-order valence-electron chi connectivity index (χ4n) is 2.79. The number of hydrogen-bond acceptors (Lipinski definition) is 4. The molecule has 0 amide bonds. The summed E-state index contributed by atoms with van der Waals surface area (Å²) in [6.07, 6.45) is 7.91. The first-order valence-corrected chi connectivity index (χ1v) is 9.46. The molecule has 0 unspecified atom stereocenters. The molecule has 0 atom stereocenters.